The number of carbonyl (C=O) groups is 2. The van der Waals surface area contributed by atoms with Gasteiger partial charge >= 0.3 is 6.03 Å². The average Bonchev–Trinajstić information content (AvgIpc) is 2.71. The molecular weight excluding hydrogens is 378 g/mol. The van der Waals surface area contributed by atoms with E-state index in [1.807, 2.05) is 13.0 Å². The lowest BCUT2D eigenvalue weighted by atomic mass is 9.89. The maximum atomic E-state index is 13.1. The van der Waals surface area contributed by atoms with Crippen LogP contribution in [0.1, 0.15) is 35.1 Å². The van der Waals surface area contributed by atoms with E-state index in [0.29, 0.717) is 5.69 Å². The number of quaternary nitrogens is 1. The second-order valence-corrected chi connectivity index (χ2v) is 8.26. The molecule has 5 rings (SSSR count). The molecule has 30 heavy (non-hydrogen) atoms. The van der Waals surface area contributed by atoms with Crippen molar-refractivity contribution in [1.82, 2.24) is 0 Å². The number of aryl methyl sites for hydroxylation is 3. The van der Waals surface area contributed by atoms with Gasteiger partial charge in [0.1, 0.15) is 5.69 Å². The first-order chi connectivity index (χ1) is 14.5. The highest BCUT2D eigenvalue weighted by atomic mass is 16.3. The molecule has 0 bridgehead atoms. The van der Waals surface area contributed by atoms with Crippen molar-refractivity contribution in [3.8, 4) is 0 Å². The number of nitrogens with zero attached hydrogens (tertiary/aromatic N) is 2. The lowest BCUT2D eigenvalue weighted by molar-refractivity contribution is -0.838. The van der Waals surface area contributed by atoms with Crippen LogP contribution in [0, 0.1) is 6.92 Å². The van der Waals surface area contributed by atoms with Crippen LogP contribution in [0.3, 0.4) is 0 Å². The summed E-state index contributed by atoms with van der Waals surface area (Å²) in [5.41, 5.74) is 6.12. The second-order valence-electron chi connectivity index (χ2n) is 8.26. The van der Waals surface area contributed by atoms with E-state index in [1.165, 1.54) is 29.9 Å². The van der Waals surface area contributed by atoms with Crippen molar-refractivity contribution in [2.75, 3.05) is 18.0 Å². The second kappa shape index (κ2) is 7.22. The van der Waals surface area contributed by atoms with Gasteiger partial charge in [0.15, 0.2) is 0 Å². The number of urea groups is 1. The van der Waals surface area contributed by atoms with E-state index < -0.39 is 17.8 Å². The summed E-state index contributed by atoms with van der Waals surface area (Å²) in [6.45, 7) is 4.22. The Hall–Kier alpha value is -3.25. The molecule has 6 nitrogen and oxygen atoms in total. The highest BCUT2D eigenvalue weighted by Crippen LogP contribution is 2.29. The van der Waals surface area contributed by atoms with E-state index in [2.05, 4.69) is 17.1 Å². The Morgan fingerprint density at radius 3 is 2.43 bits per heavy atom. The number of amides is 3. The summed E-state index contributed by atoms with van der Waals surface area (Å²) >= 11 is 0. The Bertz CT molecular complexity index is 1100. The normalized spacial score (nSPS) is 20.4. The van der Waals surface area contributed by atoms with Crippen LogP contribution >= 0.6 is 0 Å². The van der Waals surface area contributed by atoms with Crippen LogP contribution in [-0.2, 0) is 17.6 Å². The Morgan fingerprint density at radius 2 is 1.77 bits per heavy atom. The van der Waals surface area contributed by atoms with Crippen LogP contribution in [0.25, 0.3) is 6.08 Å². The van der Waals surface area contributed by atoms with Gasteiger partial charge in [0.05, 0.1) is 24.4 Å². The van der Waals surface area contributed by atoms with E-state index in [1.54, 1.807) is 29.2 Å². The fourth-order valence-electron chi connectivity index (χ4n) is 4.87. The smallest absolute Gasteiger partial charge is 0.354 e. The molecule has 3 aliphatic rings. The number of nitrogens with one attached hydrogen (secondary N) is 1. The molecule has 0 spiro atoms. The van der Waals surface area contributed by atoms with Gasteiger partial charge in [0.2, 0.25) is 0 Å². The van der Waals surface area contributed by atoms with E-state index in [4.69, 9.17) is 0 Å². The van der Waals surface area contributed by atoms with Crippen LogP contribution < -0.4 is 14.9 Å². The van der Waals surface area contributed by atoms with Crippen LogP contribution in [0.2, 0.25) is 0 Å². The summed E-state index contributed by atoms with van der Waals surface area (Å²) < 4.78 is 0. The highest BCUT2D eigenvalue weighted by molar-refractivity contribution is 6.36. The minimum Gasteiger partial charge on any atom is -0.858 e. The van der Waals surface area contributed by atoms with E-state index in [0.717, 1.165) is 41.7 Å². The third-order valence-electron chi connectivity index (χ3n) is 6.15. The SMILES string of the molecule is Cc1cccc(N2C(=O)N=C([O-])C(=Cc3cc4c5c(c3)CCC[NH+]5CCC4)C2=O)c1. The van der Waals surface area contributed by atoms with Gasteiger partial charge in [-0.3, -0.25) is 4.79 Å². The molecule has 3 amide bonds. The Kier molecular flexibility index (Phi) is 4.51. The topological polar surface area (TPSA) is 77.2 Å². The summed E-state index contributed by atoms with van der Waals surface area (Å²) in [6.07, 6.45) is 5.92. The number of rotatable bonds is 2. The Labute approximate surface area is 175 Å². The molecular formula is C24H23N3O3. The number of benzene rings is 2. The van der Waals surface area contributed by atoms with E-state index >= 15 is 0 Å². The van der Waals surface area contributed by atoms with Gasteiger partial charge in [0, 0.05) is 29.9 Å². The molecule has 2 aromatic carbocycles. The zero-order valence-electron chi connectivity index (χ0n) is 16.9. The van der Waals surface area contributed by atoms with Gasteiger partial charge in [-0.25, -0.2) is 14.7 Å². The molecule has 6 heteroatoms. The number of imide groups is 1. The highest BCUT2D eigenvalue weighted by Gasteiger charge is 2.32. The zero-order valence-corrected chi connectivity index (χ0v) is 16.9. The third-order valence-corrected chi connectivity index (χ3v) is 6.15. The van der Waals surface area contributed by atoms with Crippen LogP contribution in [-0.4, -0.2) is 30.9 Å². The minimum absolute atomic E-state index is 0.0703. The maximum Gasteiger partial charge on any atom is 0.354 e. The van der Waals surface area contributed by atoms with Crippen LogP contribution in [0.15, 0.2) is 47.0 Å². The molecule has 0 saturated carbocycles. The standard InChI is InChI=1S/C24H23N3O3/c1-15-5-2-8-19(11-15)27-23(29)20(22(28)25-24(27)30)14-16-12-17-6-3-9-26-10-4-7-18(13-16)21(17)26/h2,5,8,11-14H,3-4,6-7,9-10H2,1H3,(H,25,28,30). The van der Waals surface area contributed by atoms with Crippen LogP contribution in [0.5, 0.6) is 0 Å². The van der Waals surface area contributed by atoms with Gasteiger partial charge in [-0.05, 0) is 61.2 Å². The molecule has 0 fully saturated rings. The fraction of sp³-hybridized carbons (Fsp3) is 0.292. The lowest BCUT2D eigenvalue weighted by Crippen LogP contribution is -3.09. The first-order valence-corrected chi connectivity index (χ1v) is 10.4. The first kappa shape index (κ1) is 18.8. The average molecular weight is 401 g/mol. The van der Waals surface area contributed by atoms with Crippen molar-refractivity contribution in [1.29, 1.82) is 0 Å². The number of hydrogen-bond acceptors (Lipinski definition) is 3. The zero-order chi connectivity index (χ0) is 20.8. The van der Waals surface area contributed by atoms with Crippen molar-refractivity contribution in [3.63, 3.8) is 0 Å². The summed E-state index contributed by atoms with van der Waals surface area (Å²) in [6, 6.07) is 10.4. The van der Waals surface area contributed by atoms with Crippen molar-refractivity contribution in [2.24, 2.45) is 4.99 Å². The molecule has 152 valence electrons. The van der Waals surface area contributed by atoms with Gasteiger partial charge in [-0.1, -0.05) is 12.1 Å². The Balaban J connectivity index is 1.57. The molecule has 2 aromatic rings. The van der Waals surface area contributed by atoms with Gasteiger partial charge in [-0.15, -0.1) is 0 Å². The van der Waals surface area contributed by atoms with E-state index in [9.17, 15) is 14.7 Å². The summed E-state index contributed by atoms with van der Waals surface area (Å²) in [5, 5.41) is 12.5. The largest absolute Gasteiger partial charge is 0.858 e. The molecule has 1 N–H and O–H groups in total. The fourth-order valence-corrected chi connectivity index (χ4v) is 4.87. The first-order valence-electron chi connectivity index (χ1n) is 10.4. The predicted molar refractivity (Wildman–Crippen MR) is 113 cm³/mol. The lowest BCUT2D eigenvalue weighted by Gasteiger charge is -2.32. The van der Waals surface area contributed by atoms with E-state index in [-0.39, 0.29) is 5.57 Å². The number of carbonyl (C=O) groups excluding carboxylic acids is 2. The van der Waals surface area contributed by atoms with Crippen LogP contribution in [0.4, 0.5) is 16.2 Å². The predicted octanol–water partition coefficient (Wildman–Crippen LogP) is 1.71. The molecule has 0 aromatic heterocycles. The quantitative estimate of drug-likeness (QED) is 0.779. The molecule has 0 aliphatic carbocycles. The Morgan fingerprint density at radius 1 is 1.07 bits per heavy atom. The molecule has 0 atom stereocenters. The summed E-state index contributed by atoms with van der Waals surface area (Å²) in [7, 11) is 0. The van der Waals surface area contributed by atoms with Crippen molar-refractivity contribution >= 4 is 35.3 Å². The van der Waals surface area contributed by atoms with Gasteiger partial charge in [0.25, 0.3) is 5.91 Å². The molecule has 0 radical (unpaired) electrons. The molecule has 0 unspecified atom stereocenters. The van der Waals surface area contributed by atoms with Gasteiger partial charge in [-0.2, -0.15) is 0 Å². The van der Waals surface area contributed by atoms with Crippen molar-refractivity contribution < 1.29 is 19.6 Å². The summed E-state index contributed by atoms with van der Waals surface area (Å²) in [5.74, 6) is -1.39. The molecule has 3 heterocycles. The molecule has 0 saturated heterocycles. The monoisotopic (exact) mass is 401 g/mol. The maximum absolute atomic E-state index is 13.1. The van der Waals surface area contributed by atoms with Crippen molar-refractivity contribution in [2.45, 2.75) is 32.6 Å². The molecule has 3 aliphatic heterocycles. The van der Waals surface area contributed by atoms with Crippen molar-refractivity contribution in [3.05, 3.63) is 64.2 Å². The van der Waals surface area contributed by atoms with Gasteiger partial charge < -0.3 is 10.0 Å². The summed E-state index contributed by atoms with van der Waals surface area (Å²) in [4.78, 5) is 31.6. The third kappa shape index (κ3) is 3.13. The minimum atomic E-state index is -0.840. The number of hydrogen-bond donors (Lipinski definition) is 1. The number of anilines is 1. The number of aliphatic imine (C=N–C) groups is 1.